The Labute approximate surface area is 104 Å². The van der Waals surface area contributed by atoms with Crippen LogP contribution < -0.4 is 5.32 Å². The maximum atomic E-state index is 11.5. The summed E-state index contributed by atoms with van der Waals surface area (Å²) >= 11 is 7.44. The van der Waals surface area contributed by atoms with E-state index in [0.29, 0.717) is 12.1 Å². The molecule has 0 fully saturated rings. The van der Waals surface area contributed by atoms with Gasteiger partial charge in [-0.3, -0.25) is 4.79 Å². The van der Waals surface area contributed by atoms with E-state index in [0.717, 1.165) is 11.5 Å². The molecule has 3 nitrogen and oxygen atoms in total. The van der Waals surface area contributed by atoms with Crippen molar-refractivity contribution in [1.29, 1.82) is 0 Å². The van der Waals surface area contributed by atoms with Gasteiger partial charge in [0.15, 0.2) is 0 Å². The second-order valence-electron chi connectivity index (χ2n) is 3.16. The van der Waals surface area contributed by atoms with Gasteiger partial charge in [0.2, 0.25) is 5.91 Å². The molecule has 0 aromatic heterocycles. The van der Waals surface area contributed by atoms with Crippen LogP contribution in [0.25, 0.3) is 0 Å². The molecule has 0 spiro atoms. The molecule has 0 heterocycles. The summed E-state index contributed by atoms with van der Waals surface area (Å²) in [4.78, 5) is 11.5. The summed E-state index contributed by atoms with van der Waals surface area (Å²) in [5.74, 6) is 1.80. The number of nitrogens with one attached hydrogen (secondary N) is 1. The molecule has 1 amide bonds. The molecule has 1 aromatic carbocycles. The van der Waals surface area contributed by atoms with Crippen LogP contribution in [0, 0.1) is 0 Å². The highest BCUT2D eigenvalue weighted by molar-refractivity contribution is 7.99. The van der Waals surface area contributed by atoms with Crippen LogP contribution >= 0.6 is 23.4 Å². The van der Waals surface area contributed by atoms with Crippen LogP contribution in [0.4, 0.5) is 5.69 Å². The number of benzene rings is 1. The molecule has 0 radical (unpaired) electrons. The van der Waals surface area contributed by atoms with Gasteiger partial charge < -0.3 is 10.4 Å². The van der Waals surface area contributed by atoms with Crippen molar-refractivity contribution < 1.29 is 9.90 Å². The highest BCUT2D eigenvalue weighted by Crippen LogP contribution is 2.26. The second kappa shape index (κ2) is 6.66. The van der Waals surface area contributed by atoms with Gasteiger partial charge >= 0.3 is 0 Å². The standard InChI is InChI=1S/C11H14ClNO2S/c1-2-16-6-5-11(15)13-8-3-4-10(14)9(12)7-8/h3-4,7,14H,2,5-6H2,1H3,(H,13,15). The van der Waals surface area contributed by atoms with Gasteiger partial charge in [0, 0.05) is 17.9 Å². The number of thioether (sulfide) groups is 1. The lowest BCUT2D eigenvalue weighted by molar-refractivity contribution is -0.115. The number of phenolic OH excluding ortho intramolecular Hbond substituents is 1. The summed E-state index contributed by atoms with van der Waals surface area (Å²) in [5.41, 5.74) is 0.606. The van der Waals surface area contributed by atoms with Gasteiger partial charge in [-0.15, -0.1) is 0 Å². The molecule has 0 saturated carbocycles. The minimum Gasteiger partial charge on any atom is -0.506 e. The van der Waals surface area contributed by atoms with E-state index in [1.165, 1.54) is 12.1 Å². The van der Waals surface area contributed by atoms with E-state index in [1.54, 1.807) is 17.8 Å². The highest BCUT2D eigenvalue weighted by Gasteiger charge is 2.04. The molecule has 0 aliphatic rings. The fourth-order valence-corrected chi connectivity index (χ4v) is 1.92. The van der Waals surface area contributed by atoms with E-state index in [-0.39, 0.29) is 16.7 Å². The lowest BCUT2D eigenvalue weighted by atomic mass is 10.3. The van der Waals surface area contributed by atoms with Crippen LogP contribution in [0.3, 0.4) is 0 Å². The summed E-state index contributed by atoms with van der Waals surface area (Å²) in [6.45, 7) is 2.06. The molecule has 16 heavy (non-hydrogen) atoms. The summed E-state index contributed by atoms with van der Waals surface area (Å²) in [6.07, 6.45) is 0.483. The quantitative estimate of drug-likeness (QED) is 0.631. The van der Waals surface area contributed by atoms with Crippen LogP contribution in [-0.2, 0) is 4.79 Å². The molecule has 0 aliphatic carbocycles. The third kappa shape index (κ3) is 4.33. The highest BCUT2D eigenvalue weighted by atomic mass is 35.5. The molecule has 1 rings (SSSR count). The van der Waals surface area contributed by atoms with E-state index in [9.17, 15) is 9.90 Å². The van der Waals surface area contributed by atoms with Gasteiger partial charge in [-0.25, -0.2) is 0 Å². The summed E-state index contributed by atoms with van der Waals surface area (Å²) in [7, 11) is 0. The van der Waals surface area contributed by atoms with Crippen LogP contribution in [-0.4, -0.2) is 22.5 Å². The minimum atomic E-state index is -0.0392. The van der Waals surface area contributed by atoms with E-state index >= 15 is 0 Å². The van der Waals surface area contributed by atoms with Gasteiger partial charge in [0.25, 0.3) is 0 Å². The Hall–Kier alpha value is -0.870. The van der Waals surface area contributed by atoms with Gasteiger partial charge in [0.1, 0.15) is 5.75 Å². The van der Waals surface area contributed by atoms with Gasteiger partial charge in [-0.1, -0.05) is 18.5 Å². The molecular formula is C11H14ClNO2S. The number of carbonyl (C=O) groups excluding carboxylic acids is 1. The average Bonchev–Trinajstić information content (AvgIpc) is 2.24. The lowest BCUT2D eigenvalue weighted by Crippen LogP contribution is -2.12. The molecule has 88 valence electrons. The van der Waals surface area contributed by atoms with Gasteiger partial charge in [-0.2, -0.15) is 11.8 Å². The van der Waals surface area contributed by atoms with E-state index in [4.69, 9.17) is 11.6 Å². The van der Waals surface area contributed by atoms with E-state index in [1.807, 2.05) is 0 Å². The molecule has 0 bridgehead atoms. The number of phenols is 1. The fraction of sp³-hybridized carbons (Fsp3) is 0.364. The van der Waals surface area contributed by atoms with Crippen molar-refractivity contribution in [2.75, 3.05) is 16.8 Å². The number of carbonyl (C=O) groups is 1. The minimum absolute atomic E-state index is 0.0150. The fourth-order valence-electron chi connectivity index (χ4n) is 1.12. The van der Waals surface area contributed by atoms with E-state index < -0.39 is 0 Å². The normalized spacial score (nSPS) is 10.1. The van der Waals surface area contributed by atoms with Gasteiger partial charge in [-0.05, 0) is 24.0 Å². The van der Waals surface area contributed by atoms with Crippen LogP contribution in [0.2, 0.25) is 5.02 Å². The molecule has 0 saturated heterocycles. The first-order valence-corrected chi connectivity index (χ1v) is 6.53. The summed E-state index contributed by atoms with van der Waals surface area (Å²) in [5, 5.41) is 12.2. The number of hydrogen-bond donors (Lipinski definition) is 2. The molecule has 0 aliphatic heterocycles. The van der Waals surface area contributed by atoms with Crippen molar-refractivity contribution in [3.8, 4) is 5.75 Å². The molecule has 0 unspecified atom stereocenters. The summed E-state index contributed by atoms with van der Waals surface area (Å²) in [6, 6.07) is 4.60. The number of amides is 1. The van der Waals surface area contributed by atoms with Crippen LogP contribution in [0.5, 0.6) is 5.75 Å². The average molecular weight is 260 g/mol. The molecule has 1 aromatic rings. The summed E-state index contributed by atoms with van der Waals surface area (Å²) < 4.78 is 0. The number of hydrogen-bond acceptors (Lipinski definition) is 3. The number of anilines is 1. The van der Waals surface area contributed by atoms with Crippen molar-refractivity contribution >= 4 is 35.0 Å². The van der Waals surface area contributed by atoms with Crippen molar-refractivity contribution in [1.82, 2.24) is 0 Å². The molecule has 5 heteroatoms. The third-order valence-corrected chi connectivity index (χ3v) is 3.11. The monoisotopic (exact) mass is 259 g/mol. The third-order valence-electron chi connectivity index (χ3n) is 1.91. The largest absolute Gasteiger partial charge is 0.506 e. The Morgan fingerprint density at radius 1 is 1.56 bits per heavy atom. The molecule has 0 atom stereocenters. The van der Waals surface area contributed by atoms with Crippen molar-refractivity contribution in [3.63, 3.8) is 0 Å². The Morgan fingerprint density at radius 3 is 2.94 bits per heavy atom. The maximum absolute atomic E-state index is 11.5. The first-order valence-electron chi connectivity index (χ1n) is 4.99. The van der Waals surface area contributed by atoms with Crippen LogP contribution in [0.15, 0.2) is 18.2 Å². The number of aromatic hydroxyl groups is 1. The van der Waals surface area contributed by atoms with E-state index in [2.05, 4.69) is 12.2 Å². The zero-order valence-electron chi connectivity index (χ0n) is 9.00. The molecule has 2 N–H and O–H groups in total. The predicted octanol–water partition coefficient (Wildman–Crippen LogP) is 3.13. The van der Waals surface area contributed by atoms with Gasteiger partial charge in [0.05, 0.1) is 5.02 Å². The maximum Gasteiger partial charge on any atom is 0.225 e. The Bertz CT molecular complexity index is 371. The zero-order valence-corrected chi connectivity index (χ0v) is 10.6. The Morgan fingerprint density at radius 2 is 2.31 bits per heavy atom. The molecular weight excluding hydrogens is 246 g/mol. The topological polar surface area (TPSA) is 49.3 Å². The first kappa shape index (κ1) is 13.2. The van der Waals surface area contributed by atoms with Crippen molar-refractivity contribution in [2.24, 2.45) is 0 Å². The number of rotatable bonds is 5. The first-order chi connectivity index (χ1) is 7.63. The zero-order chi connectivity index (χ0) is 12.0. The predicted molar refractivity (Wildman–Crippen MR) is 69.4 cm³/mol. The van der Waals surface area contributed by atoms with Crippen molar-refractivity contribution in [2.45, 2.75) is 13.3 Å². The number of halogens is 1. The smallest absolute Gasteiger partial charge is 0.225 e. The van der Waals surface area contributed by atoms with Crippen molar-refractivity contribution in [3.05, 3.63) is 23.2 Å². The SMILES string of the molecule is CCSCCC(=O)Nc1ccc(O)c(Cl)c1. The lowest BCUT2D eigenvalue weighted by Gasteiger charge is -2.05. The Kier molecular flexibility index (Phi) is 5.49. The second-order valence-corrected chi connectivity index (χ2v) is 4.96. The van der Waals surface area contributed by atoms with Crippen LogP contribution in [0.1, 0.15) is 13.3 Å². The Balaban J connectivity index is 2.46.